The number of thiazole rings is 1. The first kappa shape index (κ1) is 19.4. The second-order valence-corrected chi connectivity index (χ2v) is 8.35. The Morgan fingerprint density at radius 1 is 1.16 bits per heavy atom. The average Bonchev–Trinajstić information content (AvgIpc) is 3.41. The summed E-state index contributed by atoms with van der Waals surface area (Å²) in [5.41, 5.74) is 0.388. The average molecular weight is 440 g/mol. The number of carbonyl (C=O) groups excluding carboxylic acids is 1. The van der Waals surface area contributed by atoms with E-state index in [2.05, 4.69) is 29.8 Å². The van der Waals surface area contributed by atoms with Gasteiger partial charge in [0.05, 0.1) is 0 Å². The number of piperazine rings is 1. The normalized spacial score (nSPS) is 14.6. The maximum absolute atomic E-state index is 12.7. The molecule has 1 aliphatic heterocycles. The van der Waals surface area contributed by atoms with E-state index < -0.39 is 11.2 Å². The summed E-state index contributed by atoms with van der Waals surface area (Å²) in [5.74, 6) is 0.546. The molecule has 0 radical (unpaired) electrons. The van der Waals surface area contributed by atoms with E-state index in [1.165, 1.54) is 11.6 Å². The Morgan fingerprint density at radius 2 is 1.97 bits per heavy atom. The summed E-state index contributed by atoms with van der Waals surface area (Å²) in [6, 6.07) is 3.83. The van der Waals surface area contributed by atoms with Crippen molar-refractivity contribution in [1.29, 1.82) is 0 Å². The van der Waals surface area contributed by atoms with Crippen LogP contribution in [0.5, 0.6) is 0 Å². The van der Waals surface area contributed by atoms with E-state index in [1.54, 1.807) is 17.5 Å². The van der Waals surface area contributed by atoms with Gasteiger partial charge in [-0.15, -0.1) is 0 Å². The molecule has 11 nitrogen and oxygen atoms in total. The molecule has 2 N–H and O–H groups in total. The molecule has 4 aromatic heterocycles. The van der Waals surface area contributed by atoms with Crippen LogP contribution in [0.15, 0.2) is 27.9 Å². The molecule has 0 aliphatic carbocycles. The number of H-pyrrole nitrogens is 2. The van der Waals surface area contributed by atoms with Gasteiger partial charge in [-0.2, -0.15) is 0 Å². The number of pyridine rings is 1. The molecule has 31 heavy (non-hydrogen) atoms. The lowest BCUT2D eigenvalue weighted by atomic mass is 10.2. The van der Waals surface area contributed by atoms with Crippen molar-refractivity contribution in [2.75, 3.05) is 31.1 Å². The van der Waals surface area contributed by atoms with Crippen molar-refractivity contribution in [3.05, 3.63) is 45.0 Å². The van der Waals surface area contributed by atoms with Crippen LogP contribution in [0.1, 0.15) is 12.2 Å². The molecule has 5 heterocycles. The van der Waals surface area contributed by atoms with E-state index in [1.807, 2.05) is 17.0 Å². The number of nitrogens with one attached hydrogen (secondary N) is 2. The zero-order valence-electron chi connectivity index (χ0n) is 16.8. The number of fused-ring (bicyclic) bond motifs is 2. The second-order valence-electron chi connectivity index (χ2n) is 7.39. The zero-order valence-corrected chi connectivity index (χ0v) is 17.6. The molecule has 1 amide bonds. The summed E-state index contributed by atoms with van der Waals surface area (Å²) < 4.78 is 1.27. The second kappa shape index (κ2) is 7.61. The summed E-state index contributed by atoms with van der Waals surface area (Å²) >= 11 is 1.56. The minimum Gasteiger partial charge on any atom is -0.344 e. The van der Waals surface area contributed by atoms with E-state index in [4.69, 9.17) is 0 Å². The van der Waals surface area contributed by atoms with Gasteiger partial charge >= 0.3 is 5.69 Å². The molecule has 5 rings (SSSR count). The summed E-state index contributed by atoms with van der Waals surface area (Å²) in [4.78, 5) is 59.7. The number of rotatable bonds is 4. The lowest BCUT2D eigenvalue weighted by Gasteiger charge is -2.34. The Hall–Kier alpha value is -3.54. The SMILES string of the molecule is Cn1c(=O)[nH]c(=O)c2[nH]c(CCC(=O)N3CCN(c4nc5cccnc5s4)CC3)nc21. The van der Waals surface area contributed by atoms with Crippen molar-refractivity contribution in [2.24, 2.45) is 7.05 Å². The molecule has 4 aromatic rings. The van der Waals surface area contributed by atoms with Crippen LogP contribution in [0.25, 0.3) is 21.5 Å². The molecule has 0 unspecified atom stereocenters. The van der Waals surface area contributed by atoms with E-state index in [0.29, 0.717) is 38.4 Å². The number of aromatic amines is 2. The predicted octanol–water partition coefficient (Wildman–Crippen LogP) is 0.236. The Kier molecular flexibility index (Phi) is 4.77. The highest BCUT2D eigenvalue weighted by molar-refractivity contribution is 7.21. The number of hydrogen-bond donors (Lipinski definition) is 2. The number of anilines is 1. The molecule has 12 heteroatoms. The van der Waals surface area contributed by atoms with E-state index >= 15 is 0 Å². The third-order valence-electron chi connectivity index (χ3n) is 5.44. The number of nitrogens with zero attached hydrogens (tertiary/aromatic N) is 6. The van der Waals surface area contributed by atoms with Crippen molar-refractivity contribution in [3.63, 3.8) is 0 Å². The monoisotopic (exact) mass is 440 g/mol. The summed E-state index contributed by atoms with van der Waals surface area (Å²) in [5, 5.41) is 0.930. The first-order chi connectivity index (χ1) is 15.0. The van der Waals surface area contributed by atoms with Crippen LogP contribution in [0, 0.1) is 0 Å². The molecular formula is C19H20N8O3S. The first-order valence-electron chi connectivity index (χ1n) is 9.92. The fourth-order valence-corrected chi connectivity index (χ4v) is 4.66. The van der Waals surface area contributed by atoms with Gasteiger partial charge < -0.3 is 14.8 Å². The van der Waals surface area contributed by atoms with Gasteiger partial charge in [-0.3, -0.25) is 19.1 Å². The topological polar surface area (TPSA) is 133 Å². The number of carbonyl (C=O) groups is 1. The van der Waals surface area contributed by atoms with Gasteiger partial charge in [0, 0.05) is 52.3 Å². The third-order valence-corrected chi connectivity index (χ3v) is 6.48. The molecular weight excluding hydrogens is 420 g/mol. The molecule has 1 saturated heterocycles. The van der Waals surface area contributed by atoms with Crippen molar-refractivity contribution >= 4 is 43.9 Å². The number of aryl methyl sites for hydroxylation is 2. The van der Waals surface area contributed by atoms with Gasteiger partial charge in [-0.25, -0.2) is 19.7 Å². The molecule has 1 aliphatic rings. The predicted molar refractivity (Wildman–Crippen MR) is 116 cm³/mol. The lowest BCUT2D eigenvalue weighted by molar-refractivity contribution is -0.131. The van der Waals surface area contributed by atoms with E-state index in [0.717, 1.165) is 15.5 Å². The first-order valence-corrected chi connectivity index (χ1v) is 10.7. The molecule has 0 atom stereocenters. The van der Waals surface area contributed by atoms with Crippen LogP contribution < -0.4 is 16.1 Å². The summed E-state index contributed by atoms with van der Waals surface area (Å²) in [6.07, 6.45) is 2.40. The van der Waals surface area contributed by atoms with Crippen LogP contribution in [0.3, 0.4) is 0 Å². The maximum atomic E-state index is 12.7. The minimum atomic E-state index is -0.520. The smallest absolute Gasteiger partial charge is 0.329 e. The van der Waals surface area contributed by atoms with E-state index in [-0.39, 0.29) is 23.5 Å². The Bertz CT molecular complexity index is 1360. The molecule has 0 bridgehead atoms. The van der Waals surface area contributed by atoms with Gasteiger partial charge in [-0.1, -0.05) is 11.3 Å². The van der Waals surface area contributed by atoms with Crippen LogP contribution in [-0.4, -0.2) is 66.5 Å². The molecule has 0 spiro atoms. The Balaban J connectivity index is 1.21. The lowest BCUT2D eigenvalue weighted by Crippen LogP contribution is -2.48. The molecule has 0 aromatic carbocycles. The largest absolute Gasteiger partial charge is 0.344 e. The van der Waals surface area contributed by atoms with Gasteiger partial charge in [-0.05, 0) is 12.1 Å². The molecule has 1 fully saturated rings. The maximum Gasteiger partial charge on any atom is 0.329 e. The highest BCUT2D eigenvalue weighted by Gasteiger charge is 2.23. The quantitative estimate of drug-likeness (QED) is 0.464. The number of amides is 1. The highest BCUT2D eigenvalue weighted by Crippen LogP contribution is 2.27. The minimum absolute atomic E-state index is 0.0360. The van der Waals surface area contributed by atoms with E-state index in [9.17, 15) is 14.4 Å². The summed E-state index contributed by atoms with van der Waals surface area (Å²) in [7, 11) is 1.54. The van der Waals surface area contributed by atoms with Gasteiger partial charge in [0.25, 0.3) is 5.56 Å². The van der Waals surface area contributed by atoms with Crippen molar-refractivity contribution in [2.45, 2.75) is 12.8 Å². The zero-order chi connectivity index (χ0) is 21.5. The number of hydrogen-bond acceptors (Lipinski definition) is 8. The number of aromatic nitrogens is 6. The van der Waals surface area contributed by atoms with Crippen molar-refractivity contribution in [3.8, 4) is 0 Å². The van der Waals surface area contributed by atoms with Crippen LogP contribution in [0.4, 0.5) is 5.13 Å². The van der Waals surface area contributed by atoms with Crippen LogP contribution >= 0.6 is 11.3 Å². The fraction of sp³-hybridized carbons (Fsp3) is 0.368. The molecule has 0 saturated carbocycles. The van der Waals surface area contributed by atoms with Crippen molar-refractivity contribution in [1.82, 2.24) is 34.4 Å². The fourth-order valence-electron chi connectivity index (χ4n) is 3.70. The van der Waals surface area contributed by atoms with Gasteiger partial charge in [0.15, 0.2) is 10.8 Å². The molecule has 160 valence electrons. The van der Waals surface area contributed by atoms with Crippen LogP contribution in [0.2, 0.25) is 0 Å². The Labute approximate surface area is 179 Å². The highest BCUT2D eigenvalue weighted by atomic mass is 32.1. The van der Waals surface area contributed by atoms with Gasteiger partial charge in [0.1, 0.15) is 21.7 Å². The third kappa shape index (κ3) is 3.58. The number of imidazole rings is 1. The van der Waals surface area contributed by atoms with Gasteiger partial charge in [0.2, 0.25) is 5.91 Å². The Morgan fingerprint density at radius 3 is 2.74 bits per heavy atom. The van der Waals surface area contributed by atoms with Crippen LogP contribution in [-0.2, 0) is 18.3 Å². The summed E-state index contributed by atoms with van der Waals surface area (Å²) in [6.45, 7) is 2.67. The van der Waals surface area contributed by atoms with Crippen molar-refractivity contribution < 1.29 is 4.79 Å². The standard InChI is InChI=1S/C19H20N8O3S/c1-25-15-14(16(29)24-18(25)30)22-12(23-15)4-5-13(28)26-7-9-27(10-8-26)19-21-11-3-2-6-20-17(11)31-19/h2-3,6H,4-5,7-10H2,1H3,(H,22,23)(H,24,29,30).